The number of aliphatic carboxylic acids is 1. The zero-order chi connectivity index (χ0) is 15.1. The van der Waals surface area contributed by atoms with Crippen LogP contribution in [0, 0.1) is 23.7 Å². The van der Waals surface area contributed by atoms with E-state index in [9.17, 15) is 9.90 Å². The highest BCUT2D eigenvalue weighted by Gasteiger charge is 2.25. The Morgan fingerprint density at radius 2 is 1.90 bits per heavy atom. The third kappa shape index (κ3) is 6.74. The summed E-state index contributed by atoms with van der Waals surface area (Å²) in [6.45, 7) is 9.40. The smallest absolute Gasteiger partial charge is 0.307 e. The summed E-state index contributed by atoms with van der Waals surface area (Å²) in [5.74, 6) is 1.15. The van der Waals surface area contributed by atoms with Gasteiger partial charge in [0.2, 0.25) is 0 Å². The molecule has 0 aromatic carbocycles. The summed E-state index contributed by atoms with van der Waals surface area (Å²) in [6.07, 6.45) is 7.16. The molecule has 0 aliphatic heterocycles. The van der Waals surface area contributed by atoms with E-state index in [2.05, 4.69) is 33.0 Å². The molecule has 0 saturated heterocycles. The molecule has 0 radical (unpaired) electrons. The van der Waals surface area contributed by atoms with E-state index in [1.807, 2.05) is 0 Å². The Morgan fingerprint density at radius 1 is 1.20 bits per heavy atom. The SMILES string of the molecule is CC(C)CC1CCCC(NCC(CC(C)C)C(=O)O)C1. The first-order valence-corrected chi connectivity index (χ1v) is 8.34. The van der Waals surface area contributed by atoms with Gasteiger partial charge in [0.1, 0.15) is 0 Å². The Balaban J connectivity index is 2.37. The Kier molecular flexibility index (Phi) is 7.57. The van der Waals surface area contributed by atoms with Gasteiger partial charge in [0.25, 0.3) is 0 Å². The fourth-order valence-corrected chi connectivity index (χ4v) is 3.51. The van der Waals surface area contributed by atoms with E-state index in [1.54, 1.807) is 0 Å². The first-order valence-electron chi connectivity index (χ1n) is 8.34. The van der Waals surface area contributed by atoms with Crippen molar-refractivity contribution in [3.63, 3.8) is 0 Å². The molecule has 1 rings (SSSR count). The van der Waals surface area contributed by atoms with Crippen molar-refractivity contribution in [2.45, 2.75) is 72.3 Å². The van der Waals surface area contributed by atoms with Gasteiger partial charge in [-0.25, -0.2) is 0 Å². The van der Waals surface area contributed by atoms with E-state index < -0.39 is 5.97 Å². The lowest BCUT2D eigenvalue weighted by Gasteiger charge is -2.31. The van der Waals surface area contributed by atoms with E-state index in [1.165, 1.54) is 32.1 Å². The molecule has 0 aromatic rings. The molecule has 1 aliphatic carbocycles. The molecule has 0 heterocycles. The Bertz CT molecular complexity index is 289. The second-order valence-corrected chi connectivity index (χ2v) is 7.43. The second kappa shape index (κ2) is 8.66. The molecule has 3 heteroatoms. The summed E-state index contributed by atoms with van der Waals surface area (Å²) < 4.78 is 0. The minimum atomic E-state index is -0.652. The lowest BCUT2D eigenvalue weighted by molar-refractivity contribution is -0.142. The van der Waals surface area contributed by atoms with Gasteiger partial charge in [0.15, 0.2) is 0 Å². The summed E-state index contributed by atoms with van der Waals surface area (Å²) in [7, 11) is 0. The van der Waals surface area contributed by atoms with Crippen LogP contribution in [0.3, 0.4) is 0 Å². The molecule has 3 atom stereocenters. The number of carboxylic acids is 1. The lowest BCUT2D eigenvalue weighted by Crippen LogP contribution is -2.39. The van der Waals surface area contributed by atoms with E-state index >= 15 is 0 Å². The maximum Gasteiger partial charge on any atom is 0.307 e. The van der Waals surface area contributed by atoms with Crippen LogP contribution in [0.5, 0.6) is 0 Å². The van der Waals surface area contributed by atoms with Crippen LogP contribution < -0.4 is 5.32 Å². The number of carboxylic acid groups (broad SMARTS) is 1. The summed E-state index contributed by atoms with van der Waals surface area (Å²) in [5.41, 5.74) is 0. The van der Waals surface area contributed by atoms with Gasteiger partial charge in [-0.05, 0) is 43.4 Å². The molecule has 3 unspecified atom stereocenters. The number of rotatable bonds is 8. The van der Waals surface area contributed by atoms with Crippen molar-refractivity contribution >= 4 is 5.97 Å². The molecule has 118 valence electrons. The van der Waals surface area contributed by atoms with Crippen molar-refractivity contribution in [1.82, 2.24) is 5.32 Å². The minimum absolute atomic E-state index is 0.236. The van der Waals surface area contributed by atoms with Crippen molar-refractivity contribution in [3.8, 4) is 0 Å². The van der Waals surface area contributed by atoms with Gasteiger partial charge in [0.05, 0.1) is 5.92 Å². The van der Waals surface area contributed by atoms with Gasteiger partial charge in [0, 0.05) is 12.6 Å². The van der Waals surface area contributed by atoms with Gasteiger partial charge in [-0.15, -0.1) is 0 Å². The Morgan fingerprint density at radius 3 is 2.45 bits per heavy atom. The monoisotopic (exact) mass is 283 g/mol. The van der Waals surface area contributed by atoms with Crippen LogP contribution in [0.4, 0.5) is 0 Å². The summed E-state index contributed by atoms with van der Waals surface area (Å²) in [4.78, 5) is 11.3. The largest absolute Gasteiger partial charge is 0.481 e. The van der Waals surface area contributed by atoms with E-state index in [0.717, 1.165) is 18.3 Å². The van der Waals surface area contributed by atoms with Crippen molar-refractivity contribution < 1.29 is 9.90 Å². The molecule has 20 heavy (non-hydrogen) atoms. The first kappa shape index (κ1) is 17.5. The predicted molar refractivity (Wildman–Crippen MR) is 83.8 cm³/mol. The summed E-state index contributed by atoms with van der Waals surface area (Å²) in [6, 6.07) is 0.529. The molecule has 1 saturated carbocycles. The zero-order valence-corrected chi connectivity index (χ0v) is 13.7. The molecule has 0 aromatic heterocycles. The van der Waals surface area contributed by atoms with Crippen LogP contribution >= 0.6 is 0 Å². The third-order valence-corrected chi connectivity index (χ3v) is 4.35. The van der Waals surface area contributed by atoms with E-state index in [0.29, 0.717) is 18.5 Å². The highest BCUT2D eigenvalue weighted by atomic mass is 16.4. The standard InChI is InChI=1S/C17H33NO2/c1-12(2)8-14-6-5-7-16(10-14)18-11-15(17(19)20)9-13(3)4/h12-16,18H,5-11H2,1-4H3,(H,19,20). The van der Waals surface area contributed by atoms with Crippen LogP contribution in [0.1, 0.15) is 66.2 Å². The number of hydrogen-bond donors (Lipinski definition) is 2. The fourth-order valence-electron chi connectivity index (χ4n) is 3.51. The van der Waals surface area contributed by atoms with Gasteiger partial charge < -0.3 is 10.4 Å². The van der Waals surface area contributed by atoms with Crippen molar-refractivity contribution in [2.24, 2.45) is 23.7 Å². The summed E-state index contributed by atoms with van der Waals surface area (Å²) >= 11 is 0. The molecule has 0 spiro atoms. The second-order valence-electron chi connectivity index (χ2n) is 7.43. The van der Waals surface area contributed by atoms with E-state index in [4.69, 9.17) is 0 Å². The van der Waals surface area contributed by atoms with E-state index in [-0.39, 0.29) is 5.92 Å². The number of hydrogen-bond acceptors (Lipinski definition) is 2. The fraction of sp³-hybridized carbons (Fsp3) is 0.941. The number of carbonyl (C=O) groups is 1. The molecule has 3 nitrogen and oxygen atoms in total. The van der Waals surface area contributed by atoms with Crippen molar-refractivity contribution in [3.05, 3.63) is 0 Å². The quantitative estimate of drug-likeness (QED) is 0.709. The van der Waals surface area contributed by atoms with Crippen molar-refractivity contribution in [2.75, 3.05) is 6.54 Å². The van der Waals surface area contributed by atoms with Gasteiger partial charge >= 0.3 is 5.97 Å². The van der Waals surface area contributed by atoms with Gasteiger partial charge in [-0.2, -0.15) is 0 Å². The van der Waals surface area contributed by atoms with Crippen molar-refractivity contribution in [1.29, 1.82) is 0 Å². The Hall–Kier alpha value is -0.570. The number of nitrogens with one attached hydrogen (secondary N) is 1. The summed E-state index contributed by atoms with van der Waals surface area (Å²) in [5, 5.41) is 12.8. The highest BCUT2D eigenvalue weighted by molar-refractivity contribution is 5.70. The van der Waals surface area contributed by atoms with Crippen LogP contribution in [-0.2, 0) is 4.79 Å². The maximum absolute atomic E-state index is 11.3. The molecule has 1 aliphatic rings. The van der Waals surface area contributed by atoms with Crippen LogP contribution in [-0.4, -0.2) is 23.7 Å². The average molecular weight is 283 g/mol. The zero-order valence-electron chi connectivity index (χ0n) is 13.7. The van der Waals surface area contributed by atoms with Crippen LogP contribution in [0.2, 0.25) is 0 Å². The molecule has 2 N–H and O–H groups in total. The molecular formula is C17H33NO2. The van der Waals surface area contributed by atoms with Crippen LogP contribution in [0.15, 0.2) is 0 Å². The van der Waals surface area contributed by atoms with Gasteiger partial charge in [-0.3, -0.25) is 4.79 Å². The topological polar surface area (TPSA) is 49.3 Å². The minimum Gasteiger partial charge on any atom is -0.481 e. The third-order valence-electron chi connectivity index (χ3n) is 4.35. The molecule has 0 amide bonds. The maximum atomic E-state index is 11.3. The molecular weight excluding hydrogens is 250 g/mol. The molecule has 1 fully saturated rings. The van der Waals surface area contributed by atoms with Gasteiger partial charge in [-0.1, -0.05) is 40.5 Å². The normalized spacial score (nSPS) is 25.1. The molecule has 0 bridgehead atoms. The first-order chi connectivity index (χ1) is 9.38. The predicted octanol–water partition coefficient (Wildman–Crippen LogP) is 3.93. The van der Waals surface area contributed by atoms with Crippen LogP contribution in [0.25, 0.3) is 0 Å². The average Bonchev–Trinajstić information content (AvgIpc) is 2.33. The highest BCUT2D eigenvalue weighted by Crippen LogP contribution is 2.29. The lowest BCUT2D eigenvalue weighted by atomic mass is 9.81. The Labute approximate surface area is 124 Å².